The Hall–Kier alpha value is -1.15. The summed E-state index contributed by atoms with van der Waals surface area (Å²) in [5, 5.41) is 9.82. The predicted molar refractivity (Wildman–Crippen MR) is 68.3 cm³/mol. The molecule has 0 radical (unpaired) electrons. The Kier molecular flexibility index (Phi) is 3.33. The molecule has 100 valence electrons. The van der Waals surface area contributed by atoms with Crippen LogP contribution in [0, 0.1) is 0 Å². The first-order chi connectivity index (χ1) is 8.35. The number of anilines is 1. The molecule has 0 aliphatic carbocycles. The number of hydrogen-bond acceptors (Lipinski definition) is 5. The second-order valence-electron chi connectivity index (χ2n) is 4.75. The third kappa shape index (κ3) is 2.49. The normalized spacial score (nSPS) is 25.3. The van der Waals surface area contributed by atoms with Gasteiger partial charge in [0, 0.05) is 18.8 Å². The van der Waals surface area contributed by atoms with Crippen LogP contribution in [0.25, 0.3) is 0 Å². The van der Waals surface area contributed by atoms with Crippen LogP contribution >= 0.6 is 0 Å². The minimum atomic E-state index is -3.53. The molecule has 1 fully saturated rings. The number of hydrazine groups is 1. The first kappa shape index (κ1) is 13.3. The van der Waals surface area contributed by atoms with E-state index in [2.05, 4.69) is 5.43 Å². The third-order valence-corrected chi connectivity index (χ3v) is 4.93. The van der Waals surface area contributed by atoms with Crippen molar-refractivity contribution < 1.29 is 13.5 Å². The summed E-state index contributed by atoms with van der Waals surface area (Å²) in [6, 6.07) is 6.19. The SMILES string of the molecule is CC1(O)CCN(S(=O)(=O)c2ccc(NN)cc2)C1. The summed E-state index contributed by atoms with van der Waals surface area (Å²) in [5.74, 6) is 5.22. The number of hydrogen-bond donors (Lipinski definition) is 3. The lowest BCUT2D eigenvalue weighted by Crippen LogP contribution is -2.33. The summed E-state index contributed by atoms with van der Waals surface area (Å²) < 4.78 is 25.9. The van der Waals surface area contributed by atoms with Crippen molar-refractivity contribution in [2.45, 2.75) is 23.8 Å². The molecule has 1 aliphatic rings. The van der Waals surface area contributed by atoms with Crippen LogP contribution in [0.1, 0.15) is 13.3 Å². The predicted octanol–water partition coefficient (Wildman–Crippen LogP) is 0.118. The molecule has 1 unspecified atom stereocenters. The van der Waals surface area contributed by atoms with Crippen molar-refractivity contribution >= 4 is 15.7 Å². The van der Waals surface area contributed by atoms with Gasteiger partial charge in [-0.2, -0.15) is 4.31 Å². The maximum absolute atomic E-state index is 12.3. The molecular formula is C11H17N3O3S. The molecule has 1 aliphatic heterocycles. The summed E-state index contributed by atoms with van der Waals surface area (Å²) in [6.45, 7) is 2.11. The molecular weight excluding hydrogens is 254 g/mol. The lowest BCUT2D eigenvalue weighted by atomic mass is 10.1. The molecule has 4 N–H and O–H groups in total. The Labute approximate surface area is 106 Å². The number of β-amino-alcohol motifs (C(OH)–C–C–N with tert-alkyl or cyclic N) is 1. The zero-order valence-corrected chi connectivity index (χ0v) is 10.9. The molecule has 1 aromatic carbocycles. The van der Waals surface area contributed by atoms with Crippen LogP contribution in [0.4, 0.5) is 5.69 Å². The summed E-state index contributed by atoms with van der Waals surface area (Å²) in [6.07, 6.45) is 0.453. The van der Waals surface area contributed by atoms with Gasteiger partial charge < -0.3 is 10.5 Å². The Bertz CT molecular complexity index is 525. The fraction of sp³-hybridized carbons (Fsp3) is 0.455. The first-order valence-corrected chi connectivity index (χ1v) is 7.08. The Morgan fingerprint density at radius 2 is 2.00 bits per heavy atom. The molecule has 1 atom stereocenters. The minimum Gasteiger partial charge on any atom is -0.389 e. The van der Waals surface area contributed by atoms with Gasteiger partial charge in [-0.3, -0.25) is 5.84 Å². The van der Waals surface area contributed by atoms with Crippen molar-refractivity contribution in [3.8, 4) is 0 Å². The molecule has 6 nitrogen and oxygen atoms in total. The Balaban J connectivity index is 2.25. The molecule has 7 heteroatoms. The van der Waals surface area contributed by atoms with Crippen LogP contribution in [0.5, 0.6) is 0 Å². The summed E-state index contributed by atoms with van der Waals surface area (Å²) in [7, 11) is -3.53. The lowest BCUT2D eigenvalue weighted by molar-refractivity contribution is 0.0762. The van der Waals surface area contributed by atoms with E-state index in [0.29, 0.717) is 18.7 Å². The van der Waals surface area contributed by atoms with Crippen LogP contribution < -0.4 is 11.3 Å². The average molecular weight is 271 g/mol. The molecule has 0 aromatic heterocycles. The van der Waals surface area contributed by atoms with E-state index in [1.807, 2.05) is 0 Å². The van der Waals surface area contributed by atoms with E-state index in [0.717, 1.165) is 0 Å². The summed E-state index contributed by atoms with van der Waals surface area (Å²) in [4.78, 5) is 0.208. The number of aliphatic hydroxyl groups is 1. The van der Waals surface area contributed by atoms with Gasteiger partial charge in [0.15, 0.2) is 0 Å². The van der Waals surface area contributed by atoms with Crippen molar-refractivity contribution in [3.05, 3.63) is 24.3 Å². The highest BCUT2D eigenvalue weighted by atomic mass is 32.2. The number of nitrogen functional groups attached to an aromatic ring is 1. The number of nitrogens with one attached hydrogen (secondary N) is 1. The van der Waals surface area contributed by atoms with Gasteiger partial charge in [0.25, 0.3) is 0 Å². The van der Waals surface area contributed by atoms with Gasteiger partial charge in [-0.25, -0.2) is 8.42 Å². The topological polar surface area (TPSA) is 95.7 Å². The van der Waals surface area contributed by atoms with Crippen molar-refractivity contribution in [1.29, 1.82) is 0 Å². The van der Waals surface area contributed by atoms with Gasteiger partial charge >= 0.3 is 0 Å². The zero-order valence-electron chi connectivity index (χ0n) is 10.1. The zero-order chi connectivity index (χ0) is 13.4. The van der Waals surface area contributed by atoms with Crippen molar-refractivity contribution in [2.75, 3.05) is 18.5 Å². The molecule has 0 amide bonds. The summed E-state index contributed by atoms with van der Waals surface area (Å²) in [5.41, 5.74) is 2.14. The molecule has 0 saturated carbocycles. The minimum absolute atomic E-state index is 0.131. The van der Waals surface area contributed by atoms with Crippen LogP contribution in [0.3, 0.4) is 0 Å². The van der Waals surface area contributed by atoms with Crippen molar-refractivity contribution in [3.63, 3.8) is 0 Å². The van der Waals surface area contributed by atoms with Gasteiger partial charge in [-0.1, -0.05) is 0 Å². The van der Waals surface area contributed by atoms with E-state index >= 15 is 0 Å². The van der Waals surface area contributed by atoms with Gasteiger partial charge in [0.05, 0.1) is 10.5 Å². The maximum atomic E-state index is 12.3. The number of rotatable bonds is 3. The largest absolute Gasteiger partial charge is 0.389 e. The monoisotopic (exact) mass is 271 g/mol. The number of nitrogens with zero attached hydrogens (tertiary/aromatic N) is 1. The first-order valence-electron chi connectivity index (χ1n) is 5.64. The van der Waals surface area contributed by atoms with E-state index < -0.39 is 15.6 Å². The average Bonchev–Trinajstić information content (AvgIpc) is 2.70. The quantitative estimate of drug-likeness (QED) is 0.536. The fourth-order valence-corrected chi connectivity index (χ4v) is 3.54. The van der Waals surface area contributed by atoms with Gasteiger partial charge in [0.1, 0.15) is 0 Å². The van der Waals surface area contributed by atoms with Crippen LogP contribution in [-0.2, 0) is 10.0 Å². The number of sulfonamides is 1. The van der Waals surface area contributed by atoms with Crippen LogP contribution in [0.2, 0.25) is 0 Å². The van der Waals surface area contributed by atoms with E-state index in [1.165, 1.54) is 16.4 Å². The number of nitrogens with two attached hydrogens (primary N) is 1. The standard InChI is InChI=1S/C11H17N3O3S/c1-11(15)6-7-14(8-11)18(16,17)10-4-2-9(13-12)3-5-10/h2-5,13,15H,6-8,12H2,1H3. The number of benzene rings is 1. The second-order valence-corrected chi connectivity index (χ2v) is 6.69. The van der Waals surface area contributed by atoms with E-state index in [1.54, 1.807) is 19.1 Å². The molecule has 1 heterocycles. The third-order valence-electron chi connectivity index (χ3n) is 3.08. The van der Waals surface area contributed by atoms with Crippen molar-refractivity contribution in [1.82, 2.24) is 4.31 Å². The Morgan fingerprint density at radius 1 is 1.39 bits per heavy atom. The van der Waals surface area contributed by atoms with E-state index in [9.17, 15) is 13.5 Å². The molecule has 1 aromatic rings. The highest BCUT2D eigenvalue weighted by Crippen LogP contribution is 2.27. The molecule has 1 saturated heterocycles. The van der Waals surface area contributed by atoms with Gasteiger partial charge in [0.2, 0.25) is 10.0 Å². The second kappa shape index (κ2) is 4.51. The van der Waals surface area contributed by atoms with Crippen molar-refractivity contribution in [2.24, 2.45) is 5.84 Å². The Morgan fingerprint density at radius 3 is 2.44 bits per heavy atom. The van der Waals surface area contributed by atoms with Gasteiger partial charge in [-0.15, -0.1) is 0 Å². The molecule has 0 spiro atoms. The highest BCUT2D eigenvalue weighted by Gasteiger charge is 2.38. The van der Waals surface area contributed by atoms with E-state index in [-0.39, 0.29) is 11.4 Å². The van der Waals surface area contributed by atoms with E-state index in [4.69, 9.17) is 5.84 Å². The summed E-state index contributed by atoms with van der Waals surface area (Å²) >= 11 is 0. The molecule has 0 bridgehead atoms. The highest BCUT2D eigenvalue weighted by molar-refractivity contribution is 7.89. The molecule has 2 rings (SSSR count). The fourth-order valence-electron chi connectivity index (χ4n) is 1.98. The smallest absolute Gasteiger partial charge is 0.243 e. The van der Waals surface area contributed by atoms with Crippen LogP contribution in [0.15, 0.2) is 29.2 Å². The van der Waals surface area contributed by atoms with Crippen LogP contribution in [-0.4, -0.2) is 36.5 Å². The van der Waals surface area contributed by atoms with Gasteiger partial charge in [-0.05, 0) is 37.6 Å². The molecule has 18 heavy (non-hydrogen) atoms. The maximum Gasteiger partial charge on any atom is 0.243 e. The lowest BCUT2D eigenvalue weighted by Gasteiger charge is -2.19.